The van der Waals surface area contributed by atoms with E-state index in [2.05, 4.69) is 37.1 Å². The van der Waals surface area contributed by atoms with Crippen LogP contribution in [0.3, 0.4) is 0 Å². The third kappa shape index (κ3) is 4.44. The van der Waals surface area contributed by atoms with Crippen molar-refractivity contribution in [3.05, 3.63) is 11.6 Å². The molecule has 0 amide bonds. The van der Waals surface area contributed by atoms with E-state index < -0.39 is 0 Å². The van der Waals surface area contributed by atoms with Gasteiger partial charge in [0, 0.05) is 32.2 Å². The average molecular weight is 182 g/mol. The summed E-state index contributed by atoms with van der Waals surface area (Å²) in [6.45, 7) is 11.3. The van der Waals surface area contributed by atoms with E-state index >= 15 is 0 Å². The normalized spacial score (nSPS) is 19.2. The molecular weight excluding hydrogens is 160 g/mol. The van der Waals surface area contributed by atoms with Gasteiger partial charge in [-0.15, -0.1) is 0 Å². The highest BCUT2D eigenvalue weighted by atomic mass is 15.1. The van der Waals surface area contributed by atoms with Crippen LogP contribution in [0.1, 0.15) is 27.2 Å². The summed E-state index contributed by atoms with van der Waals surface area (Å²) in [6.07, 6.45) is 3.58. The Kier molecular flexibility index (Phi) is 4.46. The van der Waals surface area contributed by atoms with Crippen LogP contribution in [0.5, 0.6) is 0 Å². The standard InChI is InChI=1S/C11H22N2/c1-10(2)12-6-8-13-7-4-5-11(3)9-13/h5,10,12H,4,6-9H2,1-3H3. The molecule has 2 heteroatoms. The molecule has 0 saturated heterocycles. The minimum absolute atomic E-state index is 0.612. The Morgan fingerprint density at radius 1 is 1.54 bits per heavy atom. The smallest absolute Gasteiger partial charge is 0.0190 e. The molecule has 0 aromatic rings. The van der Waals surface area contributed by atoms with Gasteiger partial charge in [-0.05, 0) is 13.3 Å². The fraction of sp³-hybridized carbons (Fsp3) is 0.818. The Balaban J connectivity index is 2.12. The van der Waals surface area contributed by atoms with Crippen molar-refractivity contribution in [1.29, 1.82) is 0 Å². The lowest BCUT2D eigenvalue weighted by molar-refractivity contribution is 0.286. The predicted molar refractivity (Wildman–Crippen MR) is 58.0 cm³/mol. The van der Waals surface area contributed by atoms with Crippen LogP contribution in [0.25, 0.3) is 0 Å². The maximum atomic E-state index is 3.45. The van der Waals surface area contributed by atoms with Crippen LogP contribution in [0.2, 0.25) is 0 Å². The van der Waals surface area contributed by atoms with E-state index in [0.717, 1.165) is 6.54 Å². The fourth-order valence-electron chi connectivity index (χ4n) is 1.69. The molecule has 13 heavy (non-hydrogen) atoms. The molecule has 0 radical (unpaired) electrons. The first-order chi connectivity index (χ1) is 6.18. The van der Waals surface area contributed by atoms with Crippen LogP contribution in [0.15, 0.2) is 11.6 Å². The quantitative estimate of drug-likeness (QED) is 0.665. The highest BCUT2D eigenvalue weighted by Gasteiger charge is 2.08. The maximum Gasteiger partial charge on any atom is 0.0190 e. The van der Waals surface area contributed by atoms with E-state index in [-0.39, 0.29) is 0 Å². The lowest BCUT2D eigenvalue weighted by atomic mass is 10.1. The molecule has 0 bridgehead atoms. The minimum Gasteiger partial charge on any atom is -0.313 e. The van der Waals surface area contributed by atoms with Gasteiger partial charge in [0.15, 0.2) is 0 Å². The van der Waals surface area contributed by atoms with E-state index in [0.29, 0.717) is 6.04 Å². The molecule has 0 fully saturated rings. The molecule has 2 nitrogen and oxygen atoms in total. The number of nitrogens with one attached hydrogen (secondary N) is 1. The molecule has 1 aliphatic rings. The molecule has 0 saturated carbocycles. The maximum absolute atomic E-state index is 3.45. The van der Waals surface area contributed by atoms with Gasteiger partial charge in [0.25, 0.3) is 0 Å². The van der Waals surface area contributed by atoms with Crippen LogP contribution < -0.4 is 5.32 Å². The number of hydrogen-bond donors (Lipinski definition) is 1. The third-order valence-corrected chi connectivity index (χ3v) is 2.39. The van der Waals surface area contributed by atoms with Crippen molar-refractivity contribution in [2.75, 3.05) is 26.2 Å². The summed E-state index contributed by atoms with van der Waals surface area (Å²) in [5.41, 5.74) is 1.52. The minimum atomic E-state index is 0.612. The van der Waals surface area contributed by atoms with Gasteiger partial charge in [0.05, 0.1) is 0 Å². The van der Waals surface area contributed by atoms with Crippen molar-refractivity contribution in [2.24, 2.45) is 0 Å². The zero-order chi connectivity index (χ0) is 9.68. The summed E-state index contributed by atoms with van der Waals surface area (Å²) in [7, 11) is 0. The molecule has 0 aromatic heterocycles. The summed E-state index contributed by atoms with van der Waals surface area (Å²) in [6, 6.07) is 0.612. The molecule has 0 spiro atoms. The lowest BCUT2D eigenvalue weighted by Crippen LogP contribution is -2.37. The second-order valence-corrected chi connectivity index (χ2v) is 4.22. The SMILES string of the molecule is CC1=CCCN(CCNC(C)C)C1. The molecule has 0 aliphatic carbocycles. The van der Waals surface area contributed by atoms with Gasteiger partial charge in [-0.3, -0.25) is 4.90 Å². The van der Waals surface area contributed by atoms with Gasteiger partial charge in [-0.25, -0.2) is 0 Å². The summed E-state index contributed by atoms with van der Waals surface area (Å²) in [5, 5.41) is 3.45. The molecule has 1 N–H and O–H groups in total. The molecule has 76 valence electrons. The largest absolute Gasteiger partial charge is 0.313 e. The highest BCUT2D eigenvalue weighted by molar-refractivity contribution is 5.04. The van der Waals surface area contributed by atoms with Crippen molar-refractivity contribution in [1.82, 2.24) is 10.2 Å². The van der Waals surface area contributed by atoms with Gasteiger partial charge < -0.3 is 5.32 Å². The van der Waals surface area contributed by atoms with Crippen LogP contribution in [-0.4, -0.2) is 37.1 Å². The number of rotatable bonds is 4. The molecule has 1 aliphatic heterocycles. The molecule has 1 heterocycles. The van der Waals surface area contributed by atoms with Crippen molar-refractivity contribution < 1.29 is 0 Å². The van der Waals surface area contributed by atoms with Gasteiger partial charge in [0.2, 0.25) is 0 Å². The van der Waals surface area contributed by atoms with Gasteiger partial charge >= 0.3 is 0 Å². The summed E-state index contributed by atoms with van der Waals surface area (Å²) in [4.78, 5) is 2.52. The van der Waals surface area contributed by atoms with Crippen molar-refractivity contribution in [2.45, 2.75) is 33.2 Å². The molecule has 0 atom stereocenters. The molecule has 0 unspecified atom stereocenters. The zero-order valence-electron chi connectivity index (χ0n) is 9.14. The Morgan fingerprint density at radius 2 is 2.31 bits per heavy atom. The van der Waals surface area contributed by atoms with Crippen LogP contribution >= 0.6 is 0 Å². The number of hydrogen-bond acceptors (Lipinski definition) is 2. The Hall–Kier alpha value is -0.340. The van der Waals surface area contributed by atoms with Gasteiger partial charge in [-0.2, -0.15) is 0 Å². The monoisotopic (exact) mass is 182 g/mol. The Labute approximate surface area is 82.0 Å². The van der Waals surface area contributed by atoms with E-state index in [1.165, 1.54) is 31.6 Å². The lowest BCUT2D eigenvalue weighted by Gasteiger charge is -2.26. The summed E-state index contributed by atoms with van der Waals surface area (Å²) >= 11 is 0. The molecular formula is C11H22N2. The molecule has 0 aromatic carbocycles. The topological polar surface area (TPSA) is 15.3 Å². The van der Waals surface area contributed by atoms with E-state index in [1.807, 2.05) is 0 Å². The van der Waals surface area contributed by atoms with Crippen molar-refractivity contribution in [3.63, 3.8) is 0 Å². The second-order valence-electron chi connectivity index (χ2n) is 4.22. The van der Waals surface area contributed by atoms with E-state index in [4.69, 9.17) is 0 Å². The fourth-order valence-corrected chi connectivity index (χ4v) is 1.69. The van der Waals surface area contributed by atoms with E-state index in [9.17, 15) is 0 Å². The first-order valence-corrected chi connectivity index (χ1v) is 5.30. The van der Waals surface area contributed by atoms with E-state index in [1.54, 1.807) is 0 Å². The summed E-state index contributed by atoms with van der Waals surface area (Å²) < 4.78 is 0. The van der Waals surface area contributed by atoms with Gasteiger partial charge in [0.1, 0.15) is 0 Å². The highest BCUT2D eigenvalue weighted by Crippen LogP contribution is 2.07. The number of nitrogens with zero attached hydrogens (tertiary/aromatic N) is 1. The Bertz CT molecular complexity index is 173. The van der Waals surface area contributed by atoms with Crippen LogP contribution in [0.4, 0.5) is 0 Å². The second kappa shape index (κ2) is 5.40. The van der Waals surface area contributed by atoms with Crippen molar-refractivity contribution >= 4 is 0 Å². The zero-order valence-corrected chi connectivity index (χ0v) is 9.14. The summed E-state index contributed by atoms with van der Waals surface area (Å²) in [5.74, 6) is 0. The molecule has 1 rings (SSSR count). The Morgan fingerprint density at radius 3 is 2.92 bits per heavy atom. The van der Waals surface area contributed by atoms with Crippen LogP contribution in [0, 0.1) is 0 Å². The first kappa shape index (κ1) is 10.7. The average Bonchev–Trinajstić information content (AvgIpc) is 2.03. The third-order valence-electron chi connectivity index (χ3n) is 2.39. The van der Waals surface area contributed by atoms with Crippen molar-refractivity contribution in [3.8, 4) is 0 Å². The van der Waals surface area contributed by atoms with Crippen LogP contribution in [-0.2, 0) is 0 Å². The first-order valence-electron chi connectivity index (χ1n) is 5.30. The predicted octanol–water partition coefficient (Wildman–Crippen LogP) is 1.64. The van der Waals surface area contributed by atoms with Gasteiger partial charge in [-0.1, -0.05) is 25.5 Å².